The molecule has 21 heavy (non-hydrogen) atoms. The van der Waals surface area contributed by atoms with Crippen LogP contribution in [0.25, 0.3) is 0 Å². The first-order valence-corrected chi connectivity index (χ1v) is 7.84. The third-order valence-electron chi connectivity index (χ3n) is 3.99. The summed E-state index contributed by atoms with van der Waals surface area (Å²) >= 11 is 0. The summed E-state index contributed by atoms with van der Waals surface area (Å²) < 4.78 is 13.2. The van der Waals surface area contributed by atoms with Gasteiger partial charge in [-0.3, -0.25) is 0 Å². The Labute approximate surface area is 126 Å². The highest BCUT2D eigenvalue weighted by molar-refractivity contribution is 4.98. The lowest BCUT2D eigenvalue weighted by Gasteiger charge is -2.40. The van der Waals surface area contributed by atoms with E-state index in [-0.39, 0.29) is 0 Å². The first kappa shape index (κ1) is 16.4. The molecule has 0 aromatic carbocycles. The van der Waals surface area contributed by atoms with E-state index in [2.05, 4.69) is 23.9 Å². The number of aliphatic hydroxyl groups excluding tert-OH is 1. The molecule has 1 atom stereocenters. The quantitative estimate of drug-likeness (QED) is 0.824. The zero-order valence-electron chi connectivity index (χ0n) is 13.3. The lowest BCUT2D eigenvalue weighted by atomic mass is 9.86. The van der Waals surface area contributed by atoms with Gasteiger partial charge in [0.2, 0.25) is 0 Å². The number of aromatic nitrogens is 3. The summed E-state index contributed by atoms with van der Waals surface area (Å²) in [6.07, 6.45) is 2.88. The van der Waals surface area contributed by atoms with Gasteiger partial charge in [0.05, 0.1) is 11.7 Å². The van der Waals surface area contributed by atoms with E-state index in [0.29, 0.717) is 32.2 Å². The molecule has 1 unspecified atom stereocenters. The molecule has 1 N–H and O–H groups in total. The van der Waals surface area contributed by atoms with Crippen LogP contribution in [-0.2, 0) is 22.4 Å². The second-order valence-electron chi connectivity index (χ2n) is 6.08. The summed E-state index contributed by atoms with van der Waals surface area (Å²) in [5.41, 5.74) is -0.512. The number of hydrogen-bond donors (Lipinski definition) is 1. The molecule has 6 heteroatoms. The topological polar surface area (TPSA) is 69.4 Å². The Bertz CT molecular complexity index is 422. The molecular weight excluding hydrogens is 270 g/mol. The average molecular weight is 297 g/mol. The molecule has 1 aromatic heterocycles. The fourth-order valence-electron chi connectivity index (χ4n) is 2.88. The van der Waals surface area contributed by atoms with Crippen molar-refractivity contribution in [2.45, 2.75) is 58.3 Å². The second-order valence-corrected chi connectivity index (χ2v) is 6.08. The summed E-state index contributed by atoms with van der Waals surface area (Å²) in [5, 5.41) is 15.0. The third-order valence-corrected chi connectivity index (χ3v) is 3.99. The van der Waals surface area contributed by atoms with Crippen molar-refractivity contribution in [2.75, 3.05) is 19.8 Å². The molecule has 2 rings (SSSR count). The van der Waals surface area contributed by atoms with Crippen molar-refractivity contribution in [3.63, 3.8) is 0 Å². The van der Waals surface area contributed by atoms with Crippen molar-refractivity contribution in [1.29, 1.82) is 0 Å². The monoisotopic (exact) mass is 297 g/mol. The van der Waals surface area contributed by atoms with Gasteiger partial charge in [-0.1, -0.05) is 13.8 Å². The van der Waals surface area contributed by atoms with E-state index in [4.69, 9.17) is 9.47 Å². The number of hydrogen-bond acceptors (Lipinski definition) is 5. The Kier molecular flexibility index (Phi) is 5.72. The number of ether oxygens (including phenoxy) is 2. The summed E-state index contributed by atoms with van der Waals surface area (Å²) in [7, 11) is 0. The maximum absolute atomic E-state index is 10.7. The highest BCUT2D eigenvalue weighted by Crippen LogP contribution is 2.30. The summed E-state index contributed by atoms with van der Waals surface area (Å²) in [4.78, 5) is 4.30. The van der Waals surface area contributed by atoms with Gasteiger partial charge in [-0.2, -0.15) is 5.10 Å². The van der Waals surface area contributed by atoms with Crippen molar-refractivity contribution in [2.24, 2.45) is 5.92 Å². The predicted octanol–water partition coefficient (Wildman–Crippen LogP) is 1.42. The first-order chi connectivity index (χ1) is 10.1. The van der Waals surface area contributed by atoms with Crippen LogP contribution in [0.1, 0.15) is 39.4 Å². The minimum Gasteiger partial charge on any atom is -0.390 e. The Balaban J connectivity index is 2.08. The van der Waals surface area contributed by atoms with Gasteiger partial charge in [0.25, 0.3) is 0 Å². The molecule has 6 nitrogen and oxygen atoms in total. The van der Waals surface area contributed by atoms with Crippen molar-refractivity contribution < 1.29 is 14.6 Å². The summed E-state index contributed by atoms with van der Waals surface area (Å²) in [6, 6.07) is 0. The molecule has 0 spiro atoms. The van der Waals surface area contributed by atoms with Crippen LogP contribution in [-0.4, -0.2) is 51.4 Å². The molecule has 1 saturated heterocycles. The van der Waals surface area contributed by atoms with Crippen molar-refractivity contribution in [3.8, 4) is 0 Å². The van der Waals surface area contributed by atoms with Gasteiger partial charge in [0, 0.05) is 45.6 Å². The van der Waals surface area contributed by atoms with E-state index < -0.39 is 11.7 Å². The average Bonchev–Trinajstić information content (AvgIpc) is 2.86. The van der Waals surface area contributed by atoms with Crippen LogP contribution in [0.15, 0.2) is 6.33 Å². The van der Waals surface area contributed by atoms with E-state index in [1.165, 1.54) is 0 Å². The largest absolute Gasteiger partial charge is 0.390 e. The van der Waals surface area contributed by atoms with E-state index in [1.54, 1.807) is 6.33 Å². The van der Waals surface area contributed by atoms with E-state index in [1.807, 2.05) is 11.6 Å². The van der Waals surface area contributed by atoms with Gasteiger partial charge >= 0.3 is 0 Å². The standard InChI is InChI=1S/C15H27N3O3/c1-4-21-15(5-7-20-8-6-15)13(19)9-14-16-11-17-18(14)10-12(2)3/h11-13,19H,4-10H2,1-3H3. The van der Waals surface area contributed by atoms with Crippen LogP contribution in [0.5, 0.6) is 0 Å². The summed E-state index contributed by atoms with van der Waals surface area (Å²) in [5.74, 6) is 1.31. The van der Waals surface area contributed by atoms with Gasteiger partial charge < -0.3 is 14.6 Å². The molecule has 1 aliphatic heterocycles. The molecule has 2 heterocycles. The molecule has 0 saturated carbocycles. The van der Waals surface area contributed by atoms with E-state index >= 15 is 0 Å². The fourth-order valence-corrected chi connectivity index (χ4v) is 2.88. The Morgan fingerprint density at radius 1 is 1.43 bits per heavy atom. The normalized spacial score (nSPS) is 19.9. The summed E-state index contributed by atoms with van der Waals surface area (Å²) in [6.45, 7) is 8.92. The number of aliphatic hydroxyl groups is 1. The number of rotatable bonds is 7. The van der Waals surface area contributed by atoms with Crippen LogP contribution >= 0.6 is 0 Å². The van der Waals surface area contributed by atoms with Crippen LogP contribution in [0.2, 0.25) is 0 Å². The minimum absolute atomic E-state index is 0.465. The molecule has 120 valence electrons. The molecule has 0 amide bonds. The fraction of sp³-hybridized carbons (Fsp3) is 0.867. The maximum Gasteiger partial charge on any atom is 0.138 e. The van der Waals surface area contributed by atoms with Crippen LogP contribution in [0, 0.1) is 5.92 Å². The van der Waals surface area contributed by atoms with E-state index in [9.17, 15) is 5.11 Å². The van der Waals surface area contributed by atoms with Crippen LogP contribution in [0.4, 0.5) is 0 Å². The van der Waals surface area contributed by atoms with Gasteiger partial charge in [0.15, 0.2) is 0 Å². The van der Waals surface area contributed by atoms with Crippen LogP contribution in [0.3, 0.4) is 0 Å². The molecule has 1 fully saturated rings. The molecule has 1 aliphatic rings. The van der Waals surface area contributed by atoms with Crippen molar-refractivity contribution in [3.05, 3.63) is 12.2 Å². The molecule has 0 bridgehead atoms. The molecule has 0 radical (unpaired) electrons. The Morgan fingerprint density at radius 2 is 2.14 bits per heavy atom. The highest BCUT2D eigenvalue weighted by atomic mass is 16.5. The Morgan fingerprint density at radius 3 is 2.76 bits per heavy atom. The minimum atomic E-state index is -0.587. The highest BCUT2D eigenvalue weighted by Gasteiger charge is 2.41. The lowest BCUT2D eigenvalue weighted by Crippen LogP contribution is -2.50. The van der Waals surface area contributed by atoms with Gasteiger partial charge in [-0.05, 0) is 12.8 Å². The number of nitrogens with zero attached hydrogens (tertiary/aromatic N) is 3. The zero-order valence-corrected chi connectivity index (χ0v) is 13.3. The van der Waals surface area contributed by atoms with Crippen molar-refractivity contribution in [1.82, 2.24) is 14.8 Å². The predicted molar refractivity (Wildman–Crippen MR) is 79.0 cm³/mol. The van der Waals surface area contributed by atoms with E-state index in [0.717, 1.165) is 25.2 Å². The zero-order chi connectivity index (χ0) is 15.3. The lowest BCUT2D eigenvalue weighted by molar-refractivity contribution is -0.165. The maximum atomic E-state index is 10.7. The first-order valence-electron chi connectivity index (χ1n) is 7.84. The molecular formula is C15H27N3O3. The smallest absolute Gasteiger partial charge is 0.138 e. The van der Waals surface area contributed by atoms with Gasteiger partial charge in [0.1, 0.15) is 12.2 Å². The van der Waals surface area contributed by atoms with Crippen molar-refractivity contribution >= 4 is 0 Å². The second kappa shape index (κ2) is 7.33. The molecule has 1 aromatic rings. The Hall–Kier alpha value is -0.980. The third kappa shape index (κ3) is 4.02. The SMILES string of the molecule is CCOC1(C(O)Cc2ncnn2CC(C)C)CCOCC1. The van der Waals surface area contributed by atoms with Crippen LogP contribution < -0.4 is 0 Å². The van der Waals surface area contributed by atoms with Gasteiger partial charge in [-0.25, -0.2) is 9.67 Å². The molecule has 0 aliphatic carbocycles. The van der Waals surface area contributed by atoms with Gasteiger partial charge in [-0.15, -0.1) is 0 Å².